The minimum Gasteiger partial charge on any atom is -0.382 e. The second kappa shape index (κ2) is 6.65. The highest BCUT2D eigenvalue weighted by molar-refractivity contribution is 5.43. The van der Waals surface area contributed by atoms with Crippen LogP contribution in [-0.4, -0.2) is 12.6 Å². The molecule has 2 unspecified atom stereocenters. The summed E-state index contributed by atoms with van der Waals surface area (Å²) in [5, 5.41) is 3.70. The average molecular weight is 232 g/mol. The summed E-state index contributed by atoms with van der Waals surface area (Å²) in [7, 11) is 0. The molecule has 1 aromatic carbocycles. The van der Waals surface area contributed by atoms with Crippen molar-refractivity contribution in [3.05, 3.63) is 30.3 Å². The number of para-hydroxylation sites is 1. The third-order valence-electron chi connectivity index (χ3n) is 3.81. The first-order chi connectivity index (χ1) is 8.40. The lowest BCUT2D eigenvalue weighted by atomic mass is 9.81. The molecule has 1 fully saturated rings. The second-order valence-corrected chi connectivity index (χ2v) is 5.09. The van der Waals surface area contributed by atoms with Crippen molar-refractivity contribution in [3.8, 4) is 0 Å². The third kappa shape index (κ3) is 3.74. The molecule has 3 N–H and O–H groups in total. The van der Waals surface area contributed by atoms with Crippen LogP contribution >= 0.6 is 0 Å². The Hall–Kier alpha value is -1.02. The number of hydrogen-bond donors (Lipinski definition) is 2. The van der Waals surface area contributed by atoms with E-state index in [0.29, 0.717) is 6.04 Å². The molecule has 1 aliphatic carbocycles. The van der Waals surface area contributed by atoms with Gasteiger partial charge in [0, 0.05) is 11.7 Å². The van der Waals surface area contributed by atoms with Crippen LogP contribution in [-0.2, 0) is 0 Å². The summed E-state index contributed by atoms with van der Waals surface area (Å²) in [5.41, 5.74) is 6.88. The van der Waals surface area contributed by atoms with E-state index in [0.717, 1.165) is 18.9 Å². The van der Waals surface area contributed by atoms with Gasteiger partial charge in [-0.1, -0.05) is 31.0 Å². The van der Waals surface area contributed by atoms with E-state index in [1.165, 1.54) is 37.8 Å². The highest BCUT2D eigenvalue weighted by atomic mass is 14.9. The summed E-state index contributed by atoms with van der Waals surface area (Å²) in [4.78, 5) is 0. The molecule has 0 spiro atoms. The summed E-state index contributed by atoms with van der Waals surface area (Å²) in [6.45, 7) is 0.828. The average Bonchev–Trinajstić information content (AvgIpc) is 2.39. The van der Waals surface area contributed by atoms with Crippen LogP contribution in [0.5, 0.6) is 0 Å². The number of hydrogen-bond acceptors (Lipinski definition) is 2. The van der Waals surface area contributed by atoms with Gasteiger partial charge >= 0.3 is 0 Å². The fourth-order valence-corrected chi connectivity index (χ4v) is 2.87. The maximum atomic E-state index is 5.62. The minimum atomic E-state index is 0.651. The molecule has 0 bridgehead atoms. The van der Waals surface area contributed by atoms with Crippen molar-refractivity contribution >= 4 is 5.69 Å². The Bertz CT molecular complexity index is 310. The Labute approximate surface area is 105 Å². The number of nitrogens with one attached hydrogen (secondary N) is 1. The summed E-state index contributed by atoms with van der Waals surface area (Å²) >= 11 is 0. The topological polar surface area (TPSA) is 38.0 Å². The molecule has 0 radical (unpaired) electrons. The van der Waals surface area contributed by atoms with Gasteiger partial charge in [-0.2, -0.15) is 0 Å². The molecule has 0 saturated heterocycles. The van der Waals surface area contributed by atoms with Crippen LogP contribution in [0.1, 0.15) is 38.5 Å². The molecular formula is C15H24N2. The zero-order chi connectivity index (χ0) is 11.9. The van der Waals surface area contributed by atoms with E-state index in [1.54, 1.807) is 0 Å². The van der Waals surface area contributed by atoms with Crippen molar-refractivity contribution < 1.29 is 0 Å². The van der Waals surface area contributed by atoms with Crippen LogP contribution in [0, 0.1) is 5.92 Å². The van der Waals surface area contributed by atoms with Crippen molar-refractivity contribution in [3.63, 3.8) is 0 Å². The van der Waals surface area contributed by atoms with E-state index in [1.807, 2.05) is 0 Å². The molecule has 2 rings (SSSR count). The summed E-state index contributed by atoms with van der Waals surface area (Å²) in [6, 6.07) is 11.2. The van der Waals surface area contributed by atoms with Crippen LogP contribution in [0.15, 0.2) is 30.3 Å². The van der Waals surface area contributed by atoms with Crippen LogP contribution in [0.3, 0.4) is 0 Å². The SMILES string of the molecule is NCCCC1CCCCC1Nc1ccccc1. The fourth-order valence-electron chi connectivity index (χ4n) is 2.87. The molecule has 0 heterocycles. The number of rotatable bonds is 5. The second-order valence-electron chi connectivity index (χ2n) is 5.09. The normalized spacial score (nSPS) is 24.5. The Balaban J connectivity index is 1.92. The molecule has 2 nitrogen and oxygen atoms in total. The molecule has 1 saturated carbocycles. The molecule has 0 aliphatic heterocycles. The summed E-state index contributed by atoms with van der Waals surface area (Å²) in [5.74, 6) is 0.813. The van der Waals surface area contributed by atoms with Crippen LogP contribution in [0.2, 0.25) is 0 Å². The van der Waals surface area contributed by atoms with Gasteiger partial charge in [-0.15, -0.1) is 0 Å². The maximum Gasteiger partial charge on any atom is 0.0342 e. The predicted octanol–water partition coefficient (Wildman–Crippen LogP) is 3.40. The number of benzene rings is 1. The Kier molecular flexibility index (Phi) is 4.87. The Morgan fingerprint density at radius 3 is 2.65 bits per heavy atom. The lowest BCUT2D eigenvalue weighted by molar-refractivity contribution is 0.304. The van der Waals surface area contributed by atoms with Gasteiger partial charge in [0.25, 0.3) is 0 Å². The fraction of sp³-hybridized carbons (Fsp3) is 0.600. The van der Waals surface area contributed by atoms with Gasteiger partial charge in [0.2, 0.25) is 0 Å². The van der Waals surface area contributed by atoms with E-state index in [4.69, 9.17) is 5.73 Å². The lowest BCUT2D eigenvalue weighted by Gasteiger charge is -2.33. The standard InChI is InChI=1S/C15H24N2/c16-12-6-8-13-7-4-5-11-15(13)17-14-9-2-1-3-10-14/h1-3,9-10,13,15,17H,4-8,11-12,16H2. The van der Waals surface area contributed by atoms with Gasteiger partial charge < -0.3 is 11.1 Å². The maximum absolute atomic E-state index is 5.62. The Morgan fingerprint density at radius 1 is 1.12 bits per heavy atom. The molecule has 2 heteroatoms. The lowest BCUT2D eigenvalue weighted by Crippen LogP contribution is -2.32. The van der Waals surface area contributed by atoms with Gasteiger partial charge in [0.1, 0.15) is 0 Å². The highest BCUT2D eigenvalue weighted by Gasteiger charge is 2.24. The quantitative estimate of drug-likeness (QED) is 0.816. The minimum absolute atomic E-state index is 0.651. The predicted molar refractivity (Wildman–Crippen MR) is 74.1 cm³/mol. The number of anilines is 1. The van der Waals surface area contributed by atoms with Gasteiger partial charge in [-0.05, 0) is 50.3 Å². The van der Waals surface area contributed by atoms with Crippen LogP contribution in [0.25, 0.3) is 0 Å². The molecule has 1 aliphatic rings. The van der Waals surface area contributed by atoms with Crippen LogP contribution in [0.4, 0.5) is 5.69 Å². The molecular weight excluding hydrogens is 208 g/mol. The van der Waals surface area contributed by atoms with Crippen molar-refractivity contribution in [1.29, 1.82) is 0 Å². The first-order valence-corrected chi connectivity index (χ1v) is 6.92. The van der Waals surface area contributed by atoms with E-state index in [9.17, 15) is 0 Å². The highest BCUT2D eigenvalue weighted by Crippen LogP contribution is 2.30. The zero-order valence-electron chi connectivity index (χ0n) is 10.6. The monoisotopic (exact) mass is 232 g/mol. The molecule has 1 aromatic rings. The zero-order valence-corrected chi connectivity index (χ0v) is 10.6. The van der Waals surface area contributed by atoms with E-state index < -0.39 is 0 Å². The van der Waals surface area contributed by atoms with Crippen molar-refractivity contribution in [2.45, 2.75) is 44.6 Å². The van der Waals surface area contributed by atoms with Gasteiger partial charge in [-0.3, -0.25) is 0 Å². The Morgan fingerprint density at radius 2 is 1.88 bits per heavy atom. The van der Waals surface area contributed by atoms with Gasteiger partial charge in [0.15, 0.2) is 0 Å². The third-order valence-corrected chi connectivity index (χ3v) is 3.81. The van der Waals surface area contributed by atoms with E-state index >= 15 is 0 Å². The molecule has 94 valence electrons. The van der Waals surface area contributed by atoms with Crippen LogP contribution < -0.4 is 11.1 Å². The molecule has 2 atom stereocenters. The van der Waals surface area contributed by atoms with E-state index in [2.05, 4.69) is 35.6 Å². The molecule has 17 heavy (non-hydrogen) atoms. The van der Waals surface area contributed by atoms with Crippen molar-refractivity contribution in [2.75, 3.05) is 11.9 Å². The van der Waals surface area contributed by atoms with Gasteiger partial charge in [0.05, 0.1) is 0 Å². The molecule has 0 amide bonds. The van der Waals surface area contributed by atoms with Crippen molar-refractivity contribution in [1.82, 2.24) is 0 Å². The smallest absolute Gasteiger partial charge is 0.0342 e. The van der Waals surface area contributed by atoms with Gasteiger partial charge in [-0.25, -0.2) is 0 Å². The first-order valence-electron chi connectivity index (χ1n) is 6.92. The summed E-state index contributed by atoms with van der Waals surface area (Å²) < 4.78 is 0. The van der Waals surface area contributed by atoms with E-state index in [-0.39, 0.29) is 0 Å². The largest absolute Gasteiger partial charge is 0.382 e. The summed E-state index contributed by atoms with van der Waals surface area (Å²) in [6.07, 6.45) is 7.87. The number of nitrogens with two attached hydrogens (primary N) is 1. The van der Waals surface area contributed by atoms with Crippen molar-refractivity contribution in [2.24, 2.45) is 11.7 Å². The molecule has 0 aromatic heterocycles. The first kappa shape index (κ1) is 12.4.